The van der Waals surface area contributed by atoms with E-state index in [9.17, 15) is 16.8 Å². The van der Waals surface area contributed by atoms with Gasteiger partial charge in [0.15, 0.2) is 0 Å². The van der Waals surface area contributed by atoms with Gasteiger partial charge in [-0.15, -0.1) is 0 Å². The average molecular weight is 688 g/mol. The highest BCUT2D eigenvalue weighted by Crippen LogP contribution is 2.30. The third-order valence-corrected chi connectivity index (χ3v) is 14.4. The highest BCUT2D eigenvalue weighted by molar-refractivity contribution is 7.89. The third-order valence-electron chi connectivity index (χ3n) is 10.4. The summed E-state index contributed by atoms with van der Waals surface area (Å²) in [7, 11) is -3.41. The molecule has 3 fully saturated rings. The Hall–Kier alpha value is -2.02. The molecule has 1 saturated carbocycles. The van der Waals surface area contributed by atoms with Crippen LogP contribution in [0.15, 0.2) is 59.5 Å². The predicted octanol–water partition coefficient (Wildman–Crippen LogP) is 5.63. The largest absolute Gasteiger partial charge is 0.378 e. The van der Waals surface area contributed by atoms with Crippen molar-refractivity contribution in [1.82, 2.24) is 17.8 Å². The molecule has 0 amide bonds. The summed E-state index contributed by atoms with van der Waals surface area (Å²) in [5.74, 6) is 1.05. The molecule has 2 saturated heterocycles. The summed E-state index contributed by atoms with van der Waals surface area (Å²) in [6, 6.07) is 17.5. The number of hydrogen-bond acceptors (Lipinski definition) is 6. The first-order valence-electron chi connectivity index (χ1n) is 17.9. The maximum absolute atomic E-state index is 14.1. The zero-order valence-electron chi connectivity index (χ0n) is 28.7. The van der Waals surface area contributed by atoms with Crippen molar-refractivity contribution >= 4 is 25.9 Å². The summed E-state index contributed by atoms with van der Waals surface area (Å²) >= 11 is 0. The topological polar surface area (TPSA) is 84.5 Å². The molecule has 0 unspecified atom stereocenters. The Morgan fingerprint density at radius 1 is 0.596 bits per heavy atom. The monoisotopic (exact) mass is 687 g/mol. The van der Waals surface area contributed by atoms with Crippen LogP contribution in [-0.2, 0) is 20.2 Å². The molecule has 2 aromatic carbocycles. The lowest BCUT2D eigenvalue weighted by Crippen LogP contribution is -2.48. The Morgan fingerprint density at radius 2 is 1.15 bits per heavy atom. The molecule has 9 nitrogen and oxygen atoms in total. The molecule has 0 aromatic heterocycles. The third kappa shape index (κ3) is 9.79. The fourth-order valence-corrected chi connectivity index (χ4v) is 10.9. The molecule has 5 rings (SSSR count). The lowest BCUT2D eigenvalue weighted by Gasteiger charge is -2.35. The average Bonchev–Trinajstić information content (AvgIpc) is 3.11. The molecule has 0 N–H and O–H groups in total. The highest BCUT2D eigenvalue weighted by Gasteiger charge is 2.33. The van der Waals surface area contributed by atoms with E-state index >= 15 is 0 Å². The van der Waals surface area contributed by atoms with Gasteiger partial charge in [0.2, 0.25) is 10.0 Å². The van der Waals surface area contributed by atoms with E-state index in [-0.39, 0.29) is 0 Å². The van der Waals surface area contributed by atoms with Gasteiger partial charge in [-0.2, -0.15) is 21.3 Å². The second-order valence-corrected chi connectivity index (χ2v) is 17.9. The van der Waals surface area contributed by atoms with Crippen molar-refractivity contribution in [3.05, 3.63) is 60.2 Å². The van der Waals surface area contributed by atoms with Gasteiger partial charge >= 0.3 is 0 Å². The maximum atomic E-state index is 14.1. The Bertz CT molecular complexity index is 1440. The summed E-state index contributed by atoms with van der Waals surface area (Å²) < 4.78 is 61.0. The van der Waals surface area contributed by atoms with Crippen molar-refractivity contribution in [3.63, 3.8) is 0 Å². The molecule has 0 spiro atoms. The first-order chi connectivity index (χ1) is 22.6. The van der Waals surface area contributed by atoms with Crippen LogP contribution < -0.4 is 4.90 Å². The highest BCUT2D eigenvalue weighted by atomic mass is 32.2. The van der Waals surface area contributed by atoms with E-state index < -0.39 is 20.2 Å². The molecule has 2 aromatic rings. The van der Waals surface area contributed by atoms with Gasteiger partial charge in [-0.1, -0.05) is 49.6 Å². The van der Waals surface area contributed by atoms with Gasteiger partial charge in [-0.25, -0.2) is 8.42 Å². The first kappa shape index (κ1) is 36.3. The van der Waals surface area contributed by atoms with Crippen LogP contribution in [0.5, 0.6) is 0 Å². The van der Waals surface area contributed by atoms with Crippen molar-refractivity contribution in [2.45, 2.75) is 81.4 Å². The molecule has 1 aliphatic carbocycles. The van der Waals surface area contributed by atoms with Gasteiger partial charge in [-0.3, -0.25) is 0 Å². The number of nitrogens with zero attached hydrogens (tertiary/aromatic N) is 5. The minimum absolute atomic E-state index is 0.314. The van der Waals surface area contributed by atoms with Gasteiger partial charge in [0.25, 0.3) is 10.2 Å². The molecule has 11 heteroatoms. The molecule has 47 heavy (non-hydrogen) atoms. The van der Waals surface area contributed by atoms with Crippen LogP contribution in [0.3, 0.4) is 0 Å². The van der Waals surface area contributed by atoms with E-state index in [2.05, 4.69) is 29.2 Å². The number of piperidine rings is 1. The van der Waals surface area contributed by atoms with Crippen molar-refractivity contribution in [2.24, 2.45) is 5.92 Å². The molecule has 0 atom stereocenters. The van der Waals surface area contributed by atoms with E-state index in [1.54, 1.807) is 25.0 Å². The molecule has 2 aliphatic heterocycles. The fourth-order valence-electron chi connectivity index (χ4n) is 7.62. The van der Waals surface area contributed by atoms with E-state index in [0.29, 0.717) is 68.8 Å². The van der Waals surface area contributed by atoms with Crippen molar-refractivity contribution < 1.29 is 16.8 Å². The standard InChI is InChI=1S/C36H57N5O4S2/c1-37(2)35-17-19-36(20-18-35)46(42,43)39-25-9-10-26-40(28-12-24-38(23-11-27-39)31-32-13-5-3-6-14-32)47(44,45)41-29-21-34(22-30-41)33-15-7-4-8-16-33/h4,7-8,15-20,32,34H,3,5-6,9-14,21-31H2,1-2H3. The van der Waals surface area contributed by atoms with Crippen LogP contribution in [-0.4, -0.2) is 108 Å². The Morgan fingerprint density at radius 3 is 1.77 bits per heavy atom. The summed E-state index contributed by atoms with van der Waals surface area (Å²) in [5, 5.41) is 0. The molecular weight excluding hydrogens is 631 g/mol. The Balaban J connectivity index is 1.29. The lowest BCUT2D eigenvalue weighted by molar-refractivity contribution is 0.189. The number of sulfonamides is 1. The number of anilines is 1. The molecule has 262 valence electrons. The maximum Gasteiger partial charge on any atom is 0.281 e. The molecule has 2 heterocycles. The summed E-state index contributed by atoms with van der Waals surface area (Å²) in [5.41, 5.74) is 2.25. The van der Waals surface area contributed by atoms with Gasteiger partial charge in [0.1, 0.15) is 0 Å². The fraction of sp³-hybridized carbons (Fsp3) is 0.667. The van der Waals surface area contributed by atoms with Crippen LogP contribution in [0, 0.1) is 5.92 Å². The number of benzene rings is 2. The minimum atomic E-state index is -3.68. The number of hydrogen-bond donors (Lipinski definition) is 0. The van der Waals surface area contributed by atoms with E-state index in [1.807, 2.05) is 37.2 Å². The molecule has 3 aliphatic rings. The zero-order valence-corrected chi connectivity index (χ0v) is 30.3. The van der Waals surface area contributed by atoms with E-state index in [4.69, 9.17) is 0 Å². The predicted molar refractivity (Wildman–Crippen MR) is 191 cm³/mol. The Kier molecular flexibility index (Phi) is 13.2. The second kappa shape index (κ2) is 17.1. The molecule has 0 radical (unpaired) electrons. The Labute approximate surface area is 285 Å². The van der Waals surface area contributed by atoms with Crippen LogP contribution >= 0.6 is 0 Å². The van der Waals surface area contributed by atoms with Crippen LogP contribution in [0.25, 0.3) is 0 Å². The quantitative estimate of drug-likeness (QED) is 0.358. The zero-order chi connectivity index (χ0) is 33.3. The van der Waals surface area contributed by atoms with Gasteiger partial charge in [0, 0.05) is 65.6 Å². The SMILES string of the molecule is CN(C)c1ccc(S(=O)(=O)N2CCCCN(S(=O)(=O)N3CCC(c4ccccc4)CC3)CCCN(CC3CCCCC3)CCC2)cc1. The minimum Gasteiger partial charge on any atom is -0.378 e. The summed E-state index contributed by atoms with van der Waals surface area (Å²) in [4.78, 5) is 4.76. The van der Waals surface area contributed by atoms with Crippen LogP contribution in [0.4, 0.5) is 5.69 Å². The first-order valence-corrected chi connectivity index (χ1v) is 20.8. The van der Waals surface area contributed by atoms with Crippen LogP contribution in [0.2, 0.25) is 0 Å². The lowest BCUT2D eigenvalue weighted by atomic mass is 9.89. The van der Waals surface area contributed by atoms with Crippen molar-refractivity contribution in [3.8, 4) is 0 Å². The smallest absolute Gasteiger partial charge is 0.281 e. The van der Waals surface area contributed by atoms with Gasteiger partial charge < -0.3 is 9.80 Å². The van der Waals surface area contributed by atoms with Crippen molar-refractivity contribution in [2.75, 3.05) is 77.9 Å². The number of rotatable bonds is 8. The van der Waals surface area contributed by atoms with Gasteiger partial charge in [0.05, 0.1) is 4.90 Å². The normalized spacial score (nSPS) is 22.3. The van der Waals surface area contributed by atoms with E-state index in [1.165, 1.54) is 37.7 Å². The summed E-state index contributed by atoms with van der Waals surface area (Å²) in [6.07, 6.45) is 10.8. The van der Waals surface area contributed by atoms with Gasteiger partial charge in [-0.05, 0) is 106 Å². The second-order valence-electron chi connectivity index (χ2n) is 14.0. The van der Waals surface area contributed by atoms with Crippen LogP contribution in [0.1, 0.15) is 82.1 Å². The molecule has 0 bridgehead atoms. The van der Waals surface area contributed by atoms with E-state index in [0.717, 1.165) is 51.0 Å². The summed E-state index contributed by atoms with van der Waals surface area (Å²) in [6.45, 7) is 5.50. The molecular formula is C36H57N5O4S2. The van der Waals surface area contributed by atoms with Crippen molar-refractivity contribution in [1.29, 1.82) is 0 Å².